The Morgan fingerprint density at radius 2 is 1.90 bits per heavy atom. The zero-order chi connectivity index (χ0) is 20.8. The molecule has 0 N–H and O–H groups in total. The van der Waals surface area contributed by atoms with E-state index in [1.54, 1.807) is 12.0 Å². The fraction of sp³-hybridized carbons (Fsp3) is 0.286. The molecule has 0 spiro atoms. The topological polar surface area (TPSA) is 60.2 Å². The second kappa shape index (κ2) is 9.93. The minimum atomic E-state index is 0.0439. The SMILES string of the molecule is CCn1c(SCC(=O)N(C)Cc2ccccc2Br)nnc1-c1ccc(OC)cc1. The second-order valence-electron chi connectivity index (χ2n) is 6.41. The van der Waals surface area contributed by atoms with Crippen LogP contribution in [-0.4, -0.2) is 45.5 Å². The molecule has 6 nitrogen and oxygen atoms in total. The molecule has 1 amide bonds. The lowest BCUT2D eigenvalue weighted by Crippen LogP contribution is -2.28. The van der Waals surface area contributed by atoms with E-state index in [4.69, 9.17) is 4.74 Å². The number of hydrogen-bond donors (Lipinski definition) is 0. The van der Waals surface area contributed by atoms with E-state index >= 15 is 0 Å². The van der Waals surface area contributed by atoms with Crippen LogP contribution in [-0.2, 0) is 17.9 Å². The van der Waals surface area contributed by atoms with Gasteiger partial charge in [-0.05, 0) is 42.8 Å². The van der Waals surface area contributed by atoms with Crippen molar-refractivity contribution < 1.29 is 9.53 Å². The number of thioether (sulfide) groups is 1. The standard InChI is InChI=1S/C21H23BrN4O2S/c1-4-26-20(15-9-11-17(28-3)12-10-15)23-24-21(26)29-14-19(27)25(2)13-16-7-5-6-8-18(16)22/h5-12H,4,13-14H2,1-3H3. The van der Waals surface area contributed by atoms with E-state index in [-0.39, 0.29) is 5.91 Å². The molecule has 29 heavy (non-hydrogen) atoms. The van der Waals surface area contributed by atoms with Gasteiger partial charge < -0.3 is 14.2 Å². The van der Waals surface area contributed by atoms with Gasteiger partial charge in [0.05, 0.1) is 12.9 Å². The first-order valence-corrected chi connectivity index (χ1v) is 11.0. The molecule has 0 radical (unpaired) electrons. The van der Waals surface area contributed by atoms with E-state index in [2.05, 4.69) is 26.1 Å². The quantitative estimate of drug-likeness (QED) is 0.450. The number of carbonyl (C=O) groups is 1. The van der Waals surface area contributed by atoms with Crippen molar-refractivity contribution in [3.63, 3.8) is 0 Å². The highest BCUT2D eigenvalue weighted by molar-refractivity contribution is 9.10. The highest BCUT2D eigenvalue weighted by atomic mass is 79.9. The predicted octanol–water partition coefficient (Wildman–Crippen LogP) is 4.49. The Morgan fingerprint density at radius 1 is 1.17 bits per heavy atom. The van der Waals surface area contributed by atoms with Crippen LogP contribution < -0.4 is 4.74 Å². The Morgan fingerprint density at radius 3 is 2.55 bits per heavy atom. The first-order chi connectivity index (χ1) is 14.0. The van der Waals surface area contributed by atoms with Crippen LogP contribution in [0.1, 0.15) is 12.5 Å². The van der Waals surface area contributed by atoms with Gasteiger partial charge in [-0.1, -0.05) is 45.9 Å². The van der Waals surface area contributed by atoms with Crippen LogP contribution in [0.4, 0.5) is 0 Å². The van der Waals surface area contributed by atoms with Gasteiger partial charge >= 0.3 is 0 Å². The molecule has 0 aliphatic heterocycles. The molecule has 1 heterocycles. The van der Waals surface area contributed by atoms with Crippen molar-refractivity contribution in [1.82, 2.24) is 19.7 Å². The largest absolute Gasteiger partial charge is 0.497 e. The molecule has 2 aromatic carbocycles. The van der Waals surface area contributed by atoms with Gasteiger partial charge in [0, 0.05) is 30.2 Å². The van der Waals surface area contributed by atoms with Gasteiger partial charge in [0.25, 0.3) is 0 Å². The molecular weight excluding hydrogens is 452 g/mol. The van der Waals surface area contributed by atoms with E-state index in [0.717, 1.165) is 38.9 Å². The molecule has 0 saturated carbocycles. The number of benzene rings is 2. The van der Waals surface area contributed by atoms with Crippen molar-refractivity contribution in [3.05, 3.63) is 58.6 Å². The Labute approximate surface area is 183 Å². The summed E-state index contributed by atoms with van der Waals surface area (Å²) < 4.78 is 8.24. The first kappa shape index (κ1) is 21.4. The van der Waals surface area contributed by atoms with Gasteiger partial charge in [0.1, 0.15) is 5.75 Å². The van der Waals surface area contributed by atoms with Crippen molar-refractivity contribution in [3.8, 4) is 17.1 Å². The van der Waals surface area contributed by atoms with Crippen LogP contribution in [0.3, 0.4) is 0 Å². The molecule has 0 aliphatic rings. The smallest absolute Gasteiger partial charge is 0.233 e. The molecule has 3 aromatic rings. The molecule has 1 aromatic heterocycles. The summed E-state index contributed by atoms with van der Waals surface area (Å²) >= 11 is 4.94. The van der Waals surface area contributed by atoms with Crippen LogP contribution in [0.2, 0.25) is 0 Å². The van der Waals surface area contributed by atoms with Crippen LogP contribution in [0.5, 0.6) is 5.75 Å². The molecule has 0 fully saturated rings. The summed E-state index contributed by atoms with van der Waals surface area (Å²) in [7, 11) is 3.46. The Kier molecular flexibility index (Phi) is 7.33. The summed E-state index contributed by atoms with van der Waals surface area (Å²) in [6.45, 7) is 3.32. The maximum absolute atomic E-state index is 12.6. The minimum Gasteiger partial charge on any atom is -0.497 e. The number of halogens is 1. The van der Waals surface area contributed by atoms with E-state index < -0.39 is 0 Å². The van der Waals surface area contributed by atoms with E-state index in [0.29, 0.717) is 12.3 Å². The van der Waals surface area contributed by atoms with Crippen molar-refractivity contribution in [2.75, 3.05) is 19.9 Å². The number of methoxy groups -OCH3 is 1. The third-order valence-electron chi connectivity index (χ3n) is 4.50. The van der Waals surface area contributed by atoms with Crippen LogP contribution >= 0.6 is 27.7 Å². The number of nitrogens with zero attached hydrogens (tertiary/aromatic N) is 4. The maximum atomic E-state index is 12.6. The zero-order valence-corrected chi connectivity index (χ0v) is 19.0. The number of hydrogen-bond acceptors (Lipinski definition) is 5. The lowest BCUT2D eigenvalue weighted by molar-refractivity contribution is -0.127. The second-order valence-corrected chi connectivity index (χ2v) is 8.21. The normalized spacial score (nSPS) is 10.8. The first-order valence-electron chi connectivity index (χ1n) is 9.21. The molecule has 0 aliphatic carbocycles. The Bertz CT molecular complexity index is 975. The zero-order valence-electron chi connectivity index (χ0n) is 16.6. The number of rotatable bonds is 8. The number of carbonyl (C=O) groups excluding carboxylic acids is 1. The van der Waals surface area contributed by atoms with Gasteiger partial charge in [0.15, 0.2) is 11.0 Å². The van der Waals surface area contributed by atoms with Crippen molar-refractivity contribution in [1.29, 1.82) is 0 Å². The lowest BCUT2D eigenvalue weighted by Gasteiger charge is -2.18. The van der Waals surface area contributed by atoms with Crippen LogP contribution in [0, 0.1) is 0 Å². The average molecular weight is 475 g/mol. The minimum absolute atomic E-state index is 0.0439. The summed E-state index contributed by atoms with van der Waals surface area (Å²) in [5.41, 5.74) is 2.04. The molecule has 152 valence electrons. The summed E-state index contributed by atoms with van der Waals surface area (Å²) in [6, 6.07) is 15.6. The van der Waals surface area contributed by atoms with Gasteiger partial charge in [-0.2, -0.15) is 0 Å². The van der Waals surface area contributed by atoms with E-state index in [1.807, 2.05) is 67.1 Å². The Hall–Kier alpha value is -2.32. The molecule has 0 bridgehead atoms. The molecule has 3 rings (SSSR count). The molecule has 0 saturated heterocycles. The maximum Gasteiger partial charge on any atom is 0.233 e. The molecule has 0 unspecified atom stereocenters. The highest BCUT2D eigenvalue weighted by Crippen LogP contribution is 2.26. The third kappa shape index (κ3) is 5.19. The fourth-order valence-electron chi connectivity index (χ4n) is 2.84. The Balaban J connectivity index is 1.66. The lowest BCUT2D eigenvalue weighted by atomic mass is 10.2. The number of ether oxygens (including phenoxy) is 1. The van der Waals surface area contributed by atoms with Crippen molar-refractivity contribution in [2.45, 2.75) is 25.2 Å². The van der Waals surface area contributed by atoms with Gasteiger partial charge in [-0.15, -0.1) is 10.2 Å². The summed E-state index contributed by atoms with van der Waals surface area (Å²) in [5.74, 6) is 1.93. The highest BCUT2D eigenvalue weighted by Gasteiger charge is 2.17. The molecule has 8 heteroatoms. The predicted molar refractivity (Wildman–Crippen MR) is 119 cm³/mol. The molecule has 0 atom stereocenters. The van der Waals surface area contributed by atoms with E-state index in [9.17, 15) is 4.79 Å². The number of aromatic nitrogens is 3. The number of amides is 1. The van der Waals surface area contributed by atoms with E-state index in [1.165, 1.54) is 11.8 Å². The third-order valence-corrected chi connectivity index (χ3v) is 6.22. The van der Waals surface area contributed by atoms with Crippen LogP contribution in [0.25, 0.3) is 11.4 Å². The molecular formula is C21H23BrN4O2S. The van der Waals surface area contributed by atoms with Gasteiger partial charge in [-0.3, -0.25) is 4.79 Å². The van der Waals surface area contributed by atoms with Gasteiger partial charge in [0.2, 0.25) is 5.91 Å². The average Bonchev–Trinajstić information content (AvgIpc) is 3.16. The monoisotopic (exact) mass is 474 g/mol. The summed E-state index contributed by atoms with van der Waals surface area (Å²) in [6.07, 6.45) is 0. The van der Waals surface area contributed by atoms with Crippen molar-refractivity contribution >= 4 is 33.6 Å². The summed E-state index contributed by atoms with van der Waals surface area (Å²) in [5, 5.41) is 9.37. The van der Waals surface area contributed by atoms with Crippen LogP contribution in [0.15, 0.2) is 58.2 Å². The summed E-state index contributed by atoms with van der Waals surface area (Å²) in [4.78, 5) is 14.3. The fourth-order valence-corrected chi connectivity index (χ4v) is 4.19. The van der Waals surface area contributed by atoms with Crippen molar-refractivity contribution in [2.24, 2.45) is 0 Å². The van der Waals surface area contributed by atoms with Gasteiger partial charge in [-0.25, -0.2) is 0 Å².